The van der Waals surface area contributed by atoms with E-state index in [0.29, 0.717) is 0 Å². The fourth-order valence-electron chi connectivity index (χ4n) is 2.37. The molecular formula is C15H23N3O. The summed E-state index contributed by atoms with van der Waals surface area (Å²) in [6.45, 7) is 6.46. The predicted molar refractivity (Wildman–Crippen MR) is 79.1 cm³/mol. The zero-order valence-electron chi connectivity index (χ0n) is 11.8. The Kier molecular flexibility index (Phi) is 4.93. The highest BCUT2D eigenvalue weighted by molar-refractivity contribution is 5.92. The number of nitrogens with zero attached hydrogens (tertiary/aromatic N) is 3. The first kappa shape index (κ1) is 14.0. The van der Waals surface area contributed by atoms with E-state index in [-0.39, 0.29) is 6.61 Å². The van der Waals surface area contributed by atoms with Crippen molar-refractivity contribution in [1.82, 2.24) is 9.80 Å². The molecule has 104 valence electrons. The second kappa shape index (κ2) is 6.68. The van der Waals surface area contributed by atoms with E-state index in [1.165, 1.54) is 11.4 Å². The molecule has 0 aromatic heterocycles. The van der Waals surface area contributed by atoms with Gasteiger partial charge < -0.3 is 14.9 Å². The minimum atomic E-state index is 0.250. The second-order valence-corrected chi connectivity index (χ2v) is 4.94. The van der Waals surface area contributed by atoms with E-state index in [9.17, 15) is 0 Å². The van der Waals surface area contributed by atoms with Crippen LogP contribution in [0.25, 0.3) is 0 Å². The van der Waals surface area contributed by atoms with Gasteiger partial charge in [-0.1, -0.05) is 18.2 Å². The maximum absolute atomic E-state index is 7.57. The third-order valence-corrected chi connectivity index (χ3v) is 3.46. The summed E-state index contributed by atoms with van der Waals surface area (Å²) in [4.78, 5) is 9.53. The average Bonchev–Trinajstić information content (AvgIpc) is 2.84. The fourth-order valence-corrected chi connectivity index (χ4v) is 2.37. The summed E-state index contributed by atoms with van der Waals surface area (Å²) in [5, 5.41) is 7.57. The zero-order chi connectivity index (χ0) is 13.7. The number of para-hydroxylation sites is 1. The number of hydrogen-bond acceptors (Lipinski definition) is 4. The van der Waals surface area contributed by atoms with Gasteiger partial charge in [0.1, 0.15) is 5.84 Å². The first-order valence-corrected chi connectivity index (χ1v) is 6.94. The molecule has 2 heterocycles. The van der Waals surface area contributed by atoms with Crippen molar-refractivity contribution in [3.63, 3.8) is 0 Å². The maximum atomic E-state index is 7.57. The highest BCUT2D eigenvalue weighted by Crippen LogP contribution is 2.27. The number of benzene rings is 1. The normalized spacial score (nSPS) is 18.5. The molecule has 3 rings (SSSR count). The molecule has 0 bridgehead atoms. The maximum Gasteiger partial charge on any atom is 0.109 e. The summed E-state index contributed by atoms with van der Waals surface area (Å²) in [5.74, 6) is 1.26. The molecule has 4 nitrogen and oxygen atoms in total. The molecule has 1 fully saturated rings. The Morgan fingerprint density at radius 2 is 1.79 bits per heavy atom. The number of aliphatic imine (C=N–C) groups is 1. The molecule has 0 unspecified atom stereocenters. The third-order valence-electron chi connectivity index (χ3n) is 3.46. The van der Waals surface area contributed by atoms with Crippen molar-refractivity contribution in [3.05, 3.63) is 29.8 Å². The lowest BCUT2D eigenvalue weighted by Gasteiger charge is -2.33. The van der Waals surface area contributed by atoms with Gasteiger partial charge in [-0.05, 0) is 25.6 Å². The van der Waals surface area contributed by atoms with Crippen molar-refractivity contribution >= 4 is 11.5 Å². The number of aliphatic hydroxyl groups excluding tert-OH is 1. The van der Waals surface area contributed by atoms with Crippen LogP contribution in [0.15, 0.2) is 29.3 Å². The Morgan fingerprint density at radius 1 is 1.16 bits per heavy atom. The molecule has 0 atom stereocenters. The van der Waals surface area contributed by atoms with E-state index < -0.39 is 0 Å². The van der Waals surface area contributed by atoms with Crippen molar-refractivity contribution < 1.29 is 5.11 Å². The second-order valence-electron chi connectivity index (χ2n) is 4.94. The van der Waals surface area contributed by atoms with Crippen LogP contribution in [0.5, 0.6) is 0 Å². The van der Waals surface area contributed by atoms with Gasteiger partial charge in [0, 0.05) is 39.2 Å². The number of likely N-dealkylation sites (N-methyl/N-ethyl adjacent to an activating group) is 1. The molecule has 0 aliphatic carbocycles. The van der Waals surface area contributed by atoms with Crippen LogP contribution in [0.3, 0.4) is 0 Å². The standard InChI is InChI=1S/C13H17N3.C2H6O/c1-15-6-8-16(9-7-15)13-10-11-4-2-3-5-12(11)14-13;1-2-3/h2-5H,6-10H2,1H3;3H,2H2,1H3. The van der Waals surface area contributed by atoms with Crippen LogP contribution in [-0.2, 0) is 6.42 Å². The van der Waals surface area contributed by atoms with E-state index in [1.807, 2.05) is 0 Å². The summed E-state index contributed by atoms with van der Waals surface area (Å²) < 4.78 is 0. The number of piperazine rings is 1. The van der Waals surface area contributed by atoms with E-state index in [4.69, 9.17) is 10.1 Å². The van der Waals surface area contributed by atoms with Gasteiger partial charge in [0.2, 0.25) is 0 Å². The summed E-state index contributed by atoms with van der Waals surface area (Å²) in [7, 11) is 2.18. The van der Waals surface area contributed by atoms with Gasteiger partial charge in [-0.25, -0.2) is 4.99 Å². The van der Waals surface area contributed by atoms with E-state index in [0.717, 1.165) is 38.3 Å². The van der Waals surface area contributed by atoms with E-state index >= 15 is 0 Å². The molecule has 2 aliphatic heterocycles. The molecule has 1 aromatic carbocycles. The first-order chi connectivity index (χ1) is 9.24. The number of fused-ring (bicyclic) bond motifs is 1. The lowest BCUT2D eigenvalue weighted by Crippen LogP contribution is -2.47. The monoisotopic (exact) mass is 261 g/mol. The van der Waals surface area contributed by atoms with Gasteiger partial charge in [-0.3, -0.25) is 0 Å². The molecule has 0 radical (unpaired) electrons. The molecule has 1 saturated heterocycles. The molecule has 0 spiro atoms. The Morgan fingerprint density at radius 3 is 2.42 bits per heavy atom. The van der Waals surface area contributed by atoms with Gasteiger partial charge in [-0.2, -0.15) is 0 Å². The molecule has 1 N–H and O–H groups in total. The van der Waals surface area contributed by atoms with Crippen molar-refractivity contribution in [2.24, 2.45) is 4.99 Å². The van der Waals surface area contributed by atoms with E-state index in [1.54, 1.807) is 6.92 Å². The van der Waals surface area contributed by atoms with Crippen molar-refractivity contribution in [1.29, 1.82) is 0 Å². The lowest BCUT2D eigenvalue weighted by molar-refractivity contribution is 0.214. The third kappa shape index (κ3) is 3.55. The van der Waals surface area contributed by atoms with Crippen molar-refractivity contribution in [3.8, 4) is 0 Å². The van der Waals surface area contributed by atoms with Crippen LogP contribution in [0.4, 0.5) is 5.69 Å². The van der Waals surface area contributed by atoms with Crippen LogP contribution >= 0.6 is 0 Å². The molecule has 4 heteroatoms. The van der Waals surface area contributed by atoms with Gasteiger partial charge in [0.15, 0.2) is 0 Å². The van der Waals surface area contributed by atoms with Gasteiger partial charge in [0.25, 0.3) is 0 Å². The zero-order valence-corrected chi connectivity index (χ0v) is 11.8. The summed E-state index contributed by atoms with van der Waals surface area (Å²) >= 11 is 0. The summed E-state index contributed by atoms with van der Waals surface area (Å²) in [5.41, 5.74) is 2.54. The van der Waals surface area contributed by atoms with Crippen LogP contribution < -0.4 is 0 Å². The Bertz CT molecular complexity index is 437. The minimum absolute atomic E-state index is 0.250. The Balaban J connectivity index is 0.000000408. The molecule has 0 amide bonds. The first-order valence-electron chi connectivity index (χ1n) is 6.94. The summed E-state index contributed by atoms with van der Waals surface area (Å²) in [6, 6.07) is 8.46. The SMILES string of the molecule is CCO.CN1CCN(C2=Nc3ccccc3C2)CC1. The van der Waals surface area contributed by atoms with Crippen molar-refractivity contribution in [2.75, 3.05) is 39.8 Å². The highest BCUT2D eigenvalue weighted by atomic mass is 16.2. The van der Waals surface area contributed by atoms with Crippen LogP contribution in [-0.4, -0.2) is 60.6 Å². The lowest BCUT2D eigenvalue weighted by atomic mass is 10.1. The number of amidine groups is 1. The quantitative estimate of drug-likeness (QED) is 0.769. The van der Waals surface area contributed by atoms with Crippen LogP contribution in [0, 0.1) is 0 Å². The van der Waals surface area contributed by atoms with Crippen LogP contribution in [0.2, 0.25) is 0 Å². The summed E-state index contributed by atoms with van der Waals surface area (Å²) in [6.07, 6.45) is 1.01. The largest absolute Gasteiger partial charge is 0.397 e. The molecule has 19 heavy (non-hydrogen) atoms. The average molecular weight is 261 g/mol. The number of hydrogen-bond donors (Lipinski definition) is 1. The van der Waals surface area contributed by atoms with Gasteiger partial charge in [-0.15, -0.1) is 0 Å². The molecule has 1 aromatic rings. The van der Waals surface area contributed by atoms with E-state index in [2.05, 4.69) is 41.1 Å². The molecule has 0 saturated carbocycles. The molecule has 2 aliphatic rings. The predicted octanol–water partition coefficient (Wildman–Crippen LogP) is 1.52. The smallest absolute Gasteiger partial charge is 0.109 e. The molecular weight excluding hydrogens is 238 g/mol. The highest BCUT2D eigenvalue weighted by Gasteiger charge is 2.22. The van der Waals surface area contributed by atoms with Crippen LogP contribution in [0.1, 0.15) is 12.5 Å². The number of aliphatic hydroxyl groups is 1. The van der Waals surface area contributed by atoms with Gasteiger partial charge in [0.05, 0.1) is 5.69 Å². The topological polar surface area (TPSA) is 39.1 Å². The minimum Gasteiger partial charge on any atom is -0.397 e. The van der Waals surface area contributed by atoms with Gasteiger partial charge >= 0.3 is 0 Å². The number of rotatable bonds is 0. The fraction of sp³-hybridized carbons (Fsp3) is 0.533. The van der Waals surface area contributed by atoms with Crippen molar-refractivity contribution in [2.45, 2.75) is 13.3 Å². The Labute approximate surface area is 115 Å². The Hall–Kier alpha value is -1.39.